The average Bonchev–Trinajstić information content (AvgIpc) is 2.83. The third-order valence-electron chi connectivity index (χ3n) is 2.77. The van der Waals surface area contributed by atoms with Gasteiger partial charge in [0.1, 0.15) is 0 Å². The standard InChI is InChI=1S/C14H14N4S/c1-15-7-10-8-16-14(17-9-10)19-13-6-11-4-2-3-5-12(11)18-13/h2-6,8-9,15,18H,7H2,1H3. The zero-order valence-corrected chi connectivity index (χ0v) is 11.4. The SMILES string of the molecule is CNCc1cnc(Sc2cc3ccccc3[nH]2)nc1. The molecule has 3 rings (SSSR count). The highest BCUT2D eigenvalue weighted by Crippen LogP contribution is 2.27. The van der Waals surface area contributed by atoms with E-state index in [1.54, 1.807) is 11.8 Å². The fourth-order valence-corrected chi connectivity index (χ4v) is 2.65. The van der Waals surface area contributed by atoms with Crippen LogP contribution in [0.5, 0.6) is 0 Å². The molecule has 0 fully saturated rings. The molecule has 5 heteroatoms. The van der Waals surface area contributed by atoms with E-state index in [2.05, 4.69) is 38.5 Å². The molecule has 0 radical (unpaired) electrons. The number of H-pyrrole nitrogens is 1. The summed E-state index contributed by atoms with van der Waals surface area (Å²) in [6.07, 6.45) is 3.71. The molecule has 2 N–H and O–H groups in total. The van der Waals surface area contributed by atoms with Crippen molar-refractivity contribution in [3.05, 3.63) is 48.3 Å². The first kappa shape index (κ1) is 12.2. The Balaban J connectivity index is 1.80. The number of nitrogens with one attached hydrogen (secondary N) is 2. The van der Waals surface area contributed by atoms with Crippen LogP contribution >= 0.6 is 11.8 Å². The Morgan fingerprint density at radius 3 is 2.74 bits per heavy atom. The highest BCUT2D eigenvalue weighted by molar-refractivity contribution is 7.99. The number of nitrogens with zero attached hydrogens (tertiary/aromatic N) is 2. The van der Waals surface area contributed by atoms with E-state index in [0.29, 0.717) is 0 Å². The molecule has 4 nitrogen and oxygen atoms in total. The van der Waals surface area contributed by atoms with Crippen molar-refractivity contribution in [3.8, 4) is 0 Å². The van der Waals surface area contributed by atoms with E-state index in [4.69, 9.17) is 0 Å². The number of rotatable bonds is 4. The van der Waals surface area contributed by atoms with Gasteiger partial charge in [0.2, 0.25) is 0 Å². The van der Waals surface area contributed by atoms with Crippen LogP contribution < -0.4 is 5.32 Å². The van der Waals surface area contributed by atoms with E-state index in [1.807, 2.05) is 31.6 Å². The van der Waals surface area contributed by atoms with Crippen molar-refractivity contribution in [3.63, 3.8) is 0 Å². The van der Waals surface area contributed by atoms with E-state index in [-0.39, 0.29) is 0 Å². The molecule has 1 aromatic carbocycles. The summed E-state index contributed by atoms with van der Waals surface area (Å²) in [6.45, 7) is 0.789. The summed E-state index contributed by atoms with van der Waals surface area (Å²) >= 11 is 1.54. The highest BCUT2D eigenvalue weighted by Gasteiger charge is 2.04. The van der Waals surface area contributed by atoms with E-state index >= 15 is 0 Å². The lowest BCUT2D eigenvalue weighted by atomic mass is 10.3. The van der Waals surface area contributed by atoms with Gasteiger partial charge in [0.05, 0.1) is 5.03 Å². The van der Waals surface area contributed by atoms with Gasteiger partial charge in [-0.25, -0.2) is 9.97 Å². The summed E-state index contributed by atoms with van der Waals surface area (Å²) in [5, 5.41) is 6.10. The lowest BCUT2D eigenvalue weighted by Crippen LogP contribution is -2.05. The van der Waals surface area contributed by atoms with E-state index < -0.39 is 0 Å². The topological polar surface area (TPSA) is 53.6 Å². The summed E-state index contributed by atoms with van der Waals surface area (Å²) in [4.78, 5) is 12.1. The van der Waals surface area contributed by atoms with E-state index in [1.165, 1.54) is 5.39 Å². The van der Waals surface area contributed by atoms with Gasteiger partial charge in [-0.1, -0.05) is 18.2 Å². The van der Waals surface area contributed by atoms with Gasteiger partial charge in [-0.2, -0.15) is 0 Å². The van der Waals surface area contributed by atoms with Gasteiger partial charge in [-0.05, 0) is 30.9 Å². The fourth-order valence-electron chi connectivity index (χ4n) is 1.89. The molecular weight excluding hydrogens is 256 g/mol. The Morgan fingerprint density at radius 2 is 2.00 bits per heavy atom. The molecule has 0 saturated carbocycles. The van der Waals surface area contributed by atoms with E-state index in [9.17, 15) is 0 Å². The Hall–Kier alpha value is -1.85. The lowest BCUT2D eigenvalue weighted by molar-refractivity contribution is 0.793. The van der Waals surface area contributed by atoms with Gasteiger partial charge in [0.15, 0.2) is 5.16 Å². The number of hydrogen-bond acceptors (Lipinski definition) is 4. The molecule has 0 unspecified atom stereocenters. The van der Waals surface area contributed by atoms with Crippen molar-refractivity contribution < 1.29 is 0 Å². The minimum absolute atomic E-state index is 0.756. The van der Waals surface area contributed by atoms with Crippen LogP contribution in [0, 0.1) is 0 Å². The van der Waals surface area contributed by atoms with Gasteiger partial charge in [-0.15, -0.1) is 0 Å². The summed E-state index contributed by atoms with van der Waals surface area (Å²) in [6, 6.07) is 10.3. The van der Waals surface area contributed by atoms with Crippen LogP contribution in [0.15, 0.2) is 52.9 Å². The molecular formula is C14H14N4S. The molecule has 0 atom stereocenters. The molecule has 0 aliphatic rings. The lowest BCUT2D eigenvalue weighted by Gasteiger charge is -2.00. The monoisotopic (exact) mass is 270 g/mol. The van der Waals surface area contributed by atoms with Crippen LogP contribution in [0.2, 0.25) is 0 Å². The highest BCUT2D eigenvalue weighted by atomic mass is 32.2. The zero-order chi connectivity index (χ0) is 13.1. The summed E-state index contributed by atoms with van der Waals surface area (Å²) in [5.74, 6) is 0. The zero-order valence-electron chi connectivity index (χ0n) is 10.6. The van der Waals surface area contributed by atoms with Crippen LogP contribution in [-0.2, 0) is 6.54 Å². The minimum atomic E-state index is 0.756. The number of aromatic amines is 1. The summed E-state index contributed by atoms with van der Waals surface area (Å²) in [7, 11) is 1.91. The smallest absolute Gasteiger partial charge is 0.193 e. The predicted octanol–water partition coefficient (Wildman–Crippen LogP) is 2.83. The normalized spacial score (nSPS) is 11.0. The Labute approximate surface area is 115 Å². The van der Waals surface area contributed by atoms with Gasteiger partial charge in [0.25, 0.3) is 0 Å². The Kier molecular flexibility index (Phi) is 3.48. The number of aromatic nitrogens is 3. The maximum absolute atomic E-state index is 4.35. The maximum atomic E-state index is 4.35. The molecule has 0 bridgehead atoms. The van der Waals surface area contributed by atoms with Gasteiger partial charge in [0, 0.05) is 35.4 Å². The quantitative estimate of drug-likeness (QED) is 0.716. The second-order valence-electron chi connectivity index (χ2n) is 4.23. The van der Waals surface area contributed by atoms with Crippen molar-refractivity contribution >= 4 is 22.7 Å². The molecule has 2 heterocycles. The molecule has 0 aliphatic carbocycles. The van der Waals surface area contributed by atoms with Crippen LogP contribution in [0.25, 0.3) is 10.9 Å². The van der Waals surface area contributed by atoms with Gasteiger partial charge >= 0.3 is 0 Å². The number of benzene rings is 1. The fraction of sp³-hybridized carbons (Fsp3) is 0.143. The molecule has 0 spiro atoms. The number of fused-ring (bicyclic) bond motifs is 1. The van der Waals surface area contributed by atoms with Crippen molar-refractivity contribution in [1.82, 2.24) is 20.3 Å². The third-order valence-corrected chi connectivity index (χ3v) is 3.60. The summed E-state index contributed by atoms with van der Waals surface area (Å²) < 4.78 is 0. The second-order valence-corrected chi connectivity index (χ2v) is 5.24. The molecule has 19 heavy (non-hydrogen) atoms. The van der Waals surface area contributed by atoms with Crippen molar-refractivity contribution in [2.45, 2.75) is 16.7 Å². The Bertz CT molecular complexity index is 642. The van der Waals surface area contributed by atoms with E-state index in [0.717, 1.165) is 27.8 Å². The maximum Gasteiger partial charge on any atom is 0.193 e. The average molecular weight is 270 g/mol. The molecule has 96 valence electrons. The molecule has 0 amide bonds. The third kappa shape index (κ3) is 2.77. The minimum Gasteiger partial charge on any atom is -0.349 e. The molecule has 0 saturated heterocycles. The first-order valence-corrected chi connectivity index (χ1v) is 6.88. The molecule has 3 aromatic rings. The van der Waals surface area contributed by atoms with Crippen molar-refractivity contribution in [2.24, 2.45) is 0 Å². The van der Waals surface area contributed by atoms with Crippen molar-refractivity contribution in [1.29, 1.82) is 0 Å². The number of para-hydroxylation sites is 1. The van der Waals surface area contributed by atoms with Crippen LogP contribution in [0.4, 0.5) is 0 Å². The number of hydrogen-bond donors (Lipinski definition) is 2. The van der Waals surface area contributed by atoms with Crippen LogP contribution in [-0.4, -0.2) is 22.0 Å². The molecule has 0 aliphatic heterocycles. The first-order valence-electron chi connectivity index (χ1n) is 6.06. The second kappa shape index (κ2) is 5.42. The van der Waals surface area contributed by atoms with Crippen LogP contribution in [0.1, 0.15) is 5.56 Å². The van der Waals surface area contributed by atoms with Gasteiger partial charge < -0.3 is 10.3 Å². The van der Waals surface area contributed by atoms with Crippen molar-refractivity contribution in [2.75, 3.05) is 7.05 Å². The summed E-state index contributed by atoms with van der Waals surface area (Å²) in [5.41, 5.74) is 2.22. The predicted molar refractivity (Wildman–Crippen MR) is 77.2 cm³/mol. The Morgan fingerprint density at radius 1 is 1.21 bits per heavy atom. The largest absolute Gasteiger partial charge is 0.349 e. The molecule has 2 aromatic heterocycles. The van der Waals surface area contributed by atoms with Crippen LogP contribution in [0.3, 0.4) is 0 Å². The van der Waals surface area contributed by atoms with Gasteiger partial charge in [-0.3, -0.25) is 0 Å². The first-order chi connectivity index (χ1) is 9.35.